The molecule has 2 rings (SSSR count). The minimum atomic E-state index is -0.656. The third kappa shape index (κ3) is 2.20. The van der Waals surface area contributed by atoms with Crippen molar-refractivity contribution in [2.45, 2.75) is 33.1 Å². The molecular weight excluding hydrogens is 204 g/mol. The van der Waals surface area contributed by atoms with Gasteiger partial charge in [0.2, 0.25) is 11.8 Å². The quantitative estimate of drug-likeness (QED) is 0.736. The van der Waals surface area contributed by atoms with Gasteiger partial charge in [-0.3, -0.25) is 9.59 Å². The molecule has 2 aliphatic carbocycles. The Morgan fingerprint density at radius 3 is 2.31 bits per heavy atom. The molecule has 0 aliphatic heterocycles. The number of carbonyl (C=O) groups excluding carboxylic acids is 2. The van der Waals surface area contributed by atoms with Crippen molar-refractivity contribution in [3.05, 3.63) is 0 Å². The van der Waals surface area contributed by atoms with E-state index in [0.717, 1.165) is 24.7 Å². The number of nitrogens with one attached hydrogen (secondary N) is 1. The van der Waals surface area contributed by atoms with Crippen molar-refractivity contribution in [1.29, 1.82) is 0 Å². The van der Waals surface area contributed by atoms with Gasteiger partial charge in [-0.05, 0) is 44.9 Å². The third-order valence-electron chi connectivity index (χ3n) is 3.99. The first kappa shape index (κ1) is 11.4. The van der Waals surface area contributed by atoms with Crippen LogP contribution in [-0.4, -0.2) is 18.4 Å². The maximum Gasteiger partial charge on any atom is 0.224 e. The molecule has 0 bridgehead atoms. The molecule has 90 valence electrons. The van der Waals surface area contributed by atoms with E-state index in [9.17, 15) is 9.59 Å². The molecule has 0 aromatic heterocycles. The van der Waals surface area contributed by atoms with Crippen LogP contribution in [0.25, 0.3) is 0 Å². The van der Waals surface area contributed by atoms with Crippen LogP contribution in [0.15, 0.2) is 0 Å². The van der Waals surface area contributed by atoms with E-state index in [-0.39, 0.29) is 17.7 Å². The van der Waals surface area contributed by atoms with Crippen molar-refractivity contribution in [3.8, 4) is 0 Å². The summed E-state index contributed by atoms with van der Waals surface area (Å²) < 4.78 is 0. The second-order valence-corrected chi connectivity index (χ2v) is 5.89. The van der Waals surface area contributed by atoms with Crippen LogP contribution in [-0.2, 0) is 9.59 Å². The molecule has 4 heteroatoms. The molecule has 16 heavy (non-hydrogen) atoms. The minimum Gasteiger partial charge on any atom is -0.369 e. The van der Waals surface area contributed by atoms with Gasteiger partial charge in [0, 0.05) is 12.5 Å². The average Bonchev–Trinajstić information content (AvgIpc) is 2.82. The molecule has 2 amide bonds. The lowest BCUT2D eigenvalue weighted by Crippen LogP contribution is -2.43. The van der Waals surface area contributed by atoms with Crippen LogP contribution in [0, 0.1) is 23.2 Å². The molecule has 0 spiro atoms. The summed E-state index contributed by atoms with van der Waals surface area (Å²) in [6, 6.07) is 0. The van der Waals surface area contributed by atoms with Crippen molar-refractivity contribution in [2.24, 2.45) is 28.9 Å². The van der Waals surface area contributed by atoms with Gasteiger partial charge in [0.25, 0.3) is 0 Å². The fourth-order valence-corrected chi connectivity index (χ4v) is 2.47. The molecule has 2 fully saturated rings. The van der Waals surface area contributed by atoms with Crippen molar-refractivity contribution in [2.75, 3.05) is 6.54 Å². The van der Waals surface area contributed by atoms with E-state index in [2.05, 4.69) is 5.32 Å². The van der Waals surface area contributed by atoms with Gasteiger partial charge in [0.1, 0.15) is 0 Å². The zero-order valence-electron chi connectivity index (χ0n) is 9.95. The summed E-state index contributed by atoms with van der Waals surface area (Å²) >= 11 is 0. The Morgan fingerprint density at radius 2 is 1.81 bits per heavy atom. The van der Waals surface area contributed by atoms with E-state index in [1.54, 1.807) is 13.8 Å². The Morgan fingerprint density at radius 1 is 1.25 bits per heavy atom. The van der Waals surface area contributed by atoms with E-state index >= 15 is 0 Å². The Hall–Kier alpha value is -1.06. The first-order chi connectivity index (χ1) is 7.40. The fraction of sp³-hybridized carbons (Fsp3) is 0.833. The highest BCUT2D eigenvalue weighted by atomic mass is 16.2. The first-order valence-electron chi connectivity index (χ1n) is 5.98. The number of carbonyl (C=O) groups is 2. The standard InChI is InChI=1S/C12H20N2O2/c1-12(2,11(13)16)6-14-10(15)9-4-7-3-8(7)5-9/h7-9H,3-6H2,1-2H3,(H2,13,16)(H,14,15). The van der Waals surface area contributed by atoms with Crippen molar-refractivity contribution in [1.82, 2.24) is 5.32 Å². The SMILES string of the molecule is CC(C)(CNC(=O)C1CC2CC2C1)C(N)=O. The number of hydrogen-bond acceptors (Lipinski definition) is 2. The highest BCUT2D eigenvalue weighted by Gasteiger charge is 2.48. The molecule has 3 N–H and O–H groups in total. The van der Waals surface area contributed by atoms with Gasteiger partial charge >= 0.3 is 0 Å². The lowest BCUT2D eigenvalue weighted by Gasteiger charge is -2.22. The molecule has 2 unspecified atom stereocenters. The predicted molar refractivity (Wildman–Crippen MR) is 60.3 cm³/mol. The fourth-order valence-electron chi connectivity index (χ4n) is 2.47. The van der Waals surface area contributed by atoms with E-state index in [4.69, 9.17) is 5.73 Å². The third-order valence-corrected chi connectivity index (χ3v) is 3.99. The summed E-state index contributed by atoms with van der Waals surface area (Å²) in [7, 11) is 0. The largest absolute Gasteiger partial charge is 0.369 e. The summed E-state index contributed by atoms with van der Waals surface area (Å²) in [5.74, 6) is 1.51. The molecule has 0 aromatic carbocycles. The number of primary amides is 1. The van der Waals surface area contributed by atoms with Crippen LogP contribution in [0.3, 0.4) is 0 Å². The van der Waals surface area contributed by atoms with Gasteiger partial charge in [-0.25, -0.2) is 0 Å². The smallest absolute Gasteiger partial charge is 0.224 e. The van der Waals surface area contributed by atoms with Crippen molar-refractivity contribution >= 4 is 11.8 Å². The highest BCUT2D eigenvalue weighted by molar-refractivity contribution is 5.83. The second-order valence-electron chi connectivity index (χ2n) is 5.89. The van der Waals surface area contributed by atoms with Crippen LogP contribution >= 0.6 is 0 Å². The van der Waals surface area contributed by atoms with Gasteiger partial charge in [0.15, 0.2) is 0 Å². The molecule has 0 radical (unpaired) electrons. The predicted octanol–water partition coefficient (Wildman–Crippen LogP) is 0.660. The van der Waals surface area contributed by atoms with Gasteiger partial charge in [-0.2, -0.15) is 0 Å². The van der Waals surface area contributed by atoms with Gasteiger partial charge in [-0.1, -0.05) is 0 Å². The highest BCUT2D eigenvalue weighted by Crippen LogP contribution is 2.54. The average molecular weight is 224 g/mol. The van der Waals surface area contributed by atoms with Crippen LogP contribution in [0.1, 0.15) is 33.1 Å². The van der Waals surface area contributed by atoms with Gasteiger partial charge in [0.05, 0.1) is 5.41 Å². The zero-order chi connectivity index (χ0) is 11.9. The molecule has 2 atom stereocenters. The van der Waals surface area contributed by atoms with E-state index in [1.807, 2.05) is 0 Å². The number of hydrogen-bond donors (Lipinski definition) is 2. The molecule has 2 saturated carbocycles. The Balaban J connectivity index is 1.77. The minimum absolute atomic E-state index is 0.0986. The molecule has 0 aromatic rings. The lowest BCUT2D eigenvalue weighted by atomic mass is 9.92. The van der Waals surface area contributed by atoms with Crippen LogP contribution in [0.2, 0.25) is 0 Å². The summed E-state index contributed by atoms with van der Waals surface area (Å²) in [4.78, 5) is 22.9. The molecular formula is C12H20N2O2. The molecule has 4 nitrogen and oxygen atoms in total. The number of nitrogens with two attached hydrogens (primary N) is 1. The van der Waals surface area contributed by atoms with Crippen LogP contribution < -0.4 is 11.1 Å². The van der Waals surface area contributed by atoms with Gasteiger partial charge in [-0.15, -0.1) is 0 Å². The van der Waals surface area contributed by atoms with Crippen molar-refractivity contribution in [3.63, 3.8) is 0 Å². The molecule has 0 saturated heterocycles. The first-order valence-corrected chi connectivity index (χ1v) is 5.98. The second kappa shape index (κ2) is 3.75. The van der Waals surface area contributed by atoms with E-state index < -0.39 is 5.41 Å². The van der Waals surface area contributed by atoms with Crippen molar-refractivity contribution < 1.29 is 9.59 Å². The number of rotatable bonds is 4. The van der Waals surface area contributed by atoms with E-state index in [1.165, 1.54) is 6.42 Å². The maximum atomic E-state index is 11.8. The Bertz CT molecular complexity index is 315. The zero-order valence-corrected chi connectivity index (χ0v) is 9.95. The normalized spacial score (nSPS) is 32.0. The summed E-state index contributed by atoms with van der Waals surface area (Å²) in [5, 5.41) is 2.85. The number of amides is 2. The van der Waals surface area contributed by atoms with Crippen LogP contribution in [0.5, 0.6) is 0 Å². The Kier molecular flexibility index (Phi) is 2.68. The molecule has 2 aliphatic rings. The number of fused-ring (bicyclic) bond motifs is 1. The molecule has 0 heterocycles. The maximum absolute atomic E-state index is 11.8. The van der Waals surface area contributed by atoms with E-state index in [0.29, 0.717) is 6.54 Å². The summed E-state index contributed by atoms with van der Waals surface area (Å²) in [6.45, 7) is 3.84. The lowest BCUT2D eigenvalue weighted by molar-refractivity contribution is -0.128. The Labute approximate surface area is 96.0 Å². The topological polar surface area (TPSA) is 72.2 Å². The van der Waals surface area contributed by atoms with Crippen LogP contribution in [0.4, 0.5) is 0 Å². The summed E-state index contributed by atoms with van der Waals surface area (Å²) in [6.07, 6.45) is 3.39. The van der Waals surface area contributed by atoms with Gasteiger partial charge < -0.3 is 11.1 Å². The summed E-state index contributed by atoms with van der Waals surface area (Å²) in [5.41, 5.74) is 4.59. The monoisotopic (exact) mass is 224 g/mol.